The first-order valence-corrected chi connectivity index (χ1v) is 10.9. The summed E-state index contributed by atoms with van der Waals surface area (Å²) < 4.78 is 21.6. The minimum Gasteiger partial charge on any atom is -0.507 e. The van der Waals surface area contributed by atoms with E-state index in [1.165, 1.54) is 19.1 Å². The average Bonchev–Trinajstić information content (AvgIpc) is 3.11. The van der Waals surface area contributed by atoms with Gasteiger partial charge < -0.3 is 34.1 Å². The molecule has 2 N–H and O–H groups in total. The molecule has 182 valence electrons. The van der Waals surface area contributed by atoms with Crippen LogP contribution in [0.2, 0.25) is 0 Å². The highest BCUT2D eigenvalue weighted by atomic mass is 16.5. The highest BCUT2D eigenvalue weighted by molar-refractivity contribution is 6.46. The van der Waals surface area contributed by atoms with E-state index in [0.717, 1.165) is 0 Å². The molecule has 1 unspecified atom stereocenters. The third-order valence-electron chi connectivity index (χ3n) is 5.43. The Bertz CT molecular complexity index is 1050. The van der Waals surface area contributed by atoms with Crippen molar-refractivity contribution in [2.24, 2.45) is 0 Å². The van der Waals surface area contributed by atoms with Crippen molar-refractivity contribution in [2.75, 3.05) is 47.2 Å². The molecule has 1 aliphatic rings. The molecule has 3 rings (SSSR count). The number of nitrogens with zero attached hydrogens (tertiary/aromatic N) is 1. The Labute approximate surface area is 198 Å². The number of methoxy groups -OCH3 is 2. The Kier molecular flexibility index (Phi) is 8.50. The van der Waals surface area contributed by atoms with Gasteiger partial charge in [0.1, 0.15) is 23.0 Å². The van der Waals surface area contributed by atoms with Gasteiger partial charge in [0, 0.05) is 23.7 Å². The number of benzene rings is 2. The number of amides is 1. The standard InChI is InChI=1S/C25H29NO8/c1-4-34-17-7-5-16(6-8-17)23(28)21-22(19-10-9-18(31-2)15-20(19)32-3)26(25(30)24(21)29)11-13-33-14-12-27/h5-10,15,22,27-28H,4,11-14H2,1-3H3. The molecule has 0 aliphatic carbocycles. The van der Waals surface area contributed by atoms with Crippen LogP contribution in [-0.4, -0.2) is 74.0 Å². The van der Waals surface area contributed by atoms with E-state index >= 15 is 0 Å². The van der Waals surface area contributed by atoms with Gasteiger partial charge in [0.25, 0.3) is 11.7 Å². The van der Waals surface area contributed by atoms with Crippen molar-refractivity contribution in [3.05, 3.63) is 59.2 Å². The van der Waals surface area contributed by atoms with Gasteiger partial charge in [0.2, 0.25) is 0 Å². The van der Waals surface area contributed by atoms with E-state index in [9.17, 15) is 14.7 Å². The van der Waals surface area contributed by atoms with Crippen molar-refractivity contribution >= 4 is 17.4 Å². The van der Waals surface area contributed by atoms with Crippen LogP contribution in [0.5, 0.6) is 17.2 Å². The van der Waals surface area contributed by atoms with Gasteiger partial charge in [-0.1, -0.05) is 0 Å². The summed E-state index contributed by atoms with van der Waals surface area (Å²) in [6, 6.07) is 10.7. The second kappa shape index (κ2) is 11.5. The summed E-state index contributed by atoms with van der Waals surface area (Å²) >= 11 is 0. The predicted molar refractivity (Wildman–Crippen MR) is 124 cm³/mol. The molecule has 2 aromatic rings. The normalized spacial score (nSPS) is 17.2. The first kappa shape index (κ1) is 25.1. The number of aliphatic hydroxyl groups is 2. The van der Waals surface area contributed by atoms with Gasteiger partial charge in [-0.3, -0.25) is 9.59 Å². The Morgan fingerprint density at radius 1 is 1.00 bits per heavy atom. The third-order valence-corrected chi connectivity index (χ3v) is 5.43. The maximum atomic E-state index is 13.1. The molecule has 0 radical (unpaired) electrons. The number of carbonyl (C=O) groups excluding carboxylic acids is 2. The van der Waals surface area contributed by atoms with E-state index in [2.05, 4.69) is 0 Å². The fourth-order valence-electron chi connectivity index (χ4n) is 3.84. The summed E-state index contributed by atoms with van der Waals surface area (Å²) in [6.07, 6.45) is 0. The molecule has 2 aromatic carbocycles. The molecule has 1 atom stereocenters. The number of ether oxygens (including phenoxy) is 4. The Morgan fingerprint density at radius 3 is 2.32 bits per heavy atom. The molecule has 1 heterocycles. The number of likely N-dealkylation sites (tertiary alicyclic amines) is 1. The number of rotatable bonds is 11. The van der Waals surface area contributed by atoms with Gasteiger partial charge in [-0.2, -0.15) is 0 Å². The van der Waals surface area contributed by atoms with E-state index < -0.39 is 17.7 Å². The fraction of sp³-hybridized carbons (Fsp3) is 0.360. The lowest BCUT2D eigenvalue weighted by atomic mass is 9.94. The Morgan fingerprint density at radius 2 is 1.71 bits per heavy atom. The zero-order valence-corrected chi connectivity index (χ0v) is 19.4. The monoisotopic (exact) mass is 471 g/mol. The van der Waals surface area contributed by atoms with Crippen LogP contribution >= 0.6 is 0 Å². The van der Waals surface area contributed by atoms with Gasteiger partial charge >= 0.3 is 0 Å². The van der Waals surface area contributed by atoms with Crippen LogP contribution in [0, 0.1) is 0 Å². The summed E-state index contributed by atoms with van der Waals surface area (Å²) in [5, 5.41) is 20.1. The molecular formula is C25H29NO8. The van der Waals surface area contributed by atoms with Crippen LogP contribution in [-0.2, 0) is 14.3 Å². The van der Waals surface area contributed by atoms with Crippen molar-refractivity contribution in [3.8, 4) is 17.2 Å². The number of ketones is 1. The highest BCUT2D eigenvalue weighted by Crippen LogP contribution is 2.43. The number of aliphatic hydroxyl groups excluding tert-OH is 2. The lowest BCUT2D eigenvalue weighted by molar-refractivity contribution is -0.140. The fourth-order valence-corrected chi connectivity index (χ4v) is 3.84. The molecular weight excluding hydrogens is 442 g/mol. The summed E-state index contributed by atoms with van der Waals surface area (Å²) in [5.74, 6) is -0.322. The maximum absolute atomic E-state index is 13.1. The minimum atomic E-state index is -0.912. The third kappa shape index (κ3) is 5.16. The first-order valence-electron chi connectivity index (χ1n) is 10.9. The van der Waals surface area contributed by atoms with Crippen molar-refractivity contribution in [1.29, 1.82) is 0 Å². The zero-order valence-electron chi connectivity index (χ0n) is 19.4. The molecule has 1 fully saturated rings. The summed E-state index contributed by atoms with van der Waals surface area (Å²) in [4.78, 5) is 27.5. The molecule has 34 heavy (non-hydrogen) atoms. The van der Waals surface area contributed by atoms with Crippen LogP contribution in [0.15, 0.2) is 48.0 Å². The Hall–Kier alpha value is -3.56. The summed E-state index contributed by atoms with van der Waals surface area (Å²) in [5.41, 5.74) is 0.826. The number of Topliss-reactive ketones (excluding diaryl/α,β-unsaturated/α-hetero) is 1. The quantitative estimate of drug-likeness (QED) is 0.222. The maximum Gasteiger partial charge on any atom is 0.295 e. The van der Waals surface area contributed by atoms with Gasteiger partial charge in [0.05, 0.1) is 52.3 Å². The SMILES string of the molecule is CCOc1ccc(C(O)=C2C(=O)C(=O)N(CCOCCO)C2c2ccc(OC)cc2OC)cc1. The molecule has 0 bridgehead atoms. The van der Waals surface area contributed by atoms with Crippen molar-refractivity contribution in [1.82, 2.24) is 4.90 Å². The van der Waals surface area contributed by atoms with Gasteiger partial charge in [-0.15, -0.1) is 0 Å². The van der Waals surface area contributed by atoms with E-state index in [-0.39, 0.29) is 37.7 Å². The zero-order chi connectivity index (χ0) is 24.7. The lowest BCUT2D eigenvalue weighted by Crippen LogP contribution is -2.33. The molecule has 1 amide bonds. The van der Waals surface area contributed by atoms with Crippen LogP contribution in [0.3, 0.4) is 0 Å². The lowest BCUT2D eigenvalue weighted by Gasteiger charge is -2.26. The van der Waals surface area contributed by atoms with E-state index in [1.54, 1.807) is 42.5 Å². The van der Waals surface area contributed by atoms with Crippen LogP contribution in [0.1, 0.15) is 24.1 Å². The van der Waals surface area contributed by atoms with Crippen molar-refractivity contribution < 1.29 is 38.7 Å². The van der Waals surface area contributed by atoms with Crippen LogP contribution in [0.4, 0.5) is 0 Å². The molecule has 0 saturated carbocycles. The Balaban J connectivity index is 2.11. The molecule has 9 heteroatoms. The first-order chi connectivity index (χ1) is 16.5. The minimum absolute atomic E-state index is 0.0558. The van der Waals surface area contributed by atoms with Gasteiger partial charge in [-0.25, -0.2) is 0 Å². The average molecular weight is 472 g/mol. The largest absolute Gasteiger partial charge is 0.507 e. The van der Waals surface area contributed by atoms with Crippen LogP contribution in [0.25, 0.3) is 5.76 Å². The summed E-state index contributed by atoms with van der Waals surface area (Å²) in [6.45, 7) is 2.48. The molecule has 1 aliphatic heterocycles. The van der Waals surface area contributed by atoms with E-state index in [0.29, 0.717) is 35.0 Å². The number of carbonyl (C=O) groups is 2. The van der Waals surface area contributed by atoms with E-state index in [4.69, 9.17) is 24.1 Å². The number of hydrogen-bond acceptors (Lipinski definition) is 8. The molecule has 1 saturated heterocycles. The van der Waals surface area contributed by atoms with Gasteiger partial charge in [-0.05, 0) is 43.3 Å². The number of hydrogen-bond donors (Lipinski definition) is 2. The van der Waals surface area contributed by atoms with Crippen LogP contribution < -0.4 is 14.2 Å². The molecule has 9 nitrogen and oxygen atoms in total. The topological polar surface area (TPSA) is 115 Å². The summed E-state index contributed by atoms with van der Waals surface area (Å²) in [7, 11) is 2.99. The molecule has 0 spiro atoms. The second-order valence-corrected chi connectivity index (χ2v) is 7.39. The smallest absolute Gasteiger partial charge is 0.295 e. The highest BCUT2D eigenvalue weighted by Gasteiger charge is 2.47. The van der Waals surface area contributed by atoms with E-state index in [1.807, 2.05) is 6.92 Å². The van der Waals surface area contributed by atoms with Crippen molar-refractivity contribution in [3.63, 3.8) is 0 Å². The van der Waals surface area contributed by atoms with Gasteiger partial charge in [0.15, 0.2) is 0 Å². The second-order valence-electron chi connectivity index (χ2n) is 7.39. The molecule has 0 aromatic heterocycles. The van der Waals surface area contributed by atoms with Crippen molar-refractivity contribution in [2.45, 2.75) is 13.0 Å². The predicted octanol–water partition coefficient (Wildman–Crippen LogP) is 2.53.